The van der Waals surface area contributed by atoms with E-state index < -0.39 is 5.97 Å². The van der Waals surface area contributed by atoms with Crippen molar-refractivity contribution < 1.29 is 9.90 Å². The van der Waals surface area contributed by atoms with Crippen LogP contribution in [0.5, 0.6) is 0 Å². The van der Waals surface area contributed by atoms with Crippen molar-refractivity contribution in [1.29, 1.82) is 5.26 Å². The van der Waals surface area contributed by atoms with Gasteiger partial charge in [-0.15, -0.1) is 0 Å². The van der Waals surface area contributed by atoms with E-state index in [-0.39, 0.29) is 0 Å². The molecule has 3 heteroatoms. The van der Waals surface area contributed by atoms with E-state index in [0.29, 0.717) is 5.56 Å². The molecule has 0 bridgehead atoms. The van der Waals surface area contributed by atoms with Crippen LogP contribution in [0.15, 0.2) is 30.3 Å². The number of aromatic carboxylic acids is 1. The quantitative estimate of drug-likeness (QED) is 0.687. The Hall–Kier alpha value is -1.82. The van der Waals surface area contributed by atoms with Gasteiger partial charge in [0, 0.05) is 6.92 Å². The van der Waals surface area contributed by atoms with Crippen LogP contribution in [0.2, 0.25) is 0 Å². The van der Waals surface area contributed by atoms with Gasteiger partial charge in [-0.1, -0.05) is 18.2 Å². The topological polar surface area (TPSA) is 61.1 Å². The van der Waals surface area contributed by atoms with Gasteiger partial charge in [0.15, 0.2) is 0 Å². The number of rotatable bonds is 1. The predicted molar refractivity (Wildman–Crippen MR) is 44.7 cm³/mol. The SMILES string of the molecule is CC#N.O=C(O)c1ccccc1. The molecule has 1 rings (SSSR count). The van der Waals surface area contributed by atoms with Gasteiger partial charge in [-0.3, -0.25) is 0 Å². The third-order valence-corrected chi connectivity index (χ3v) is 1.02. The fourth-order valence-corrected chi connectivity index (χ4v) is 0.581. The maximum Gasteiger partial charge on any atom is 0.335 e. The lowest BCUT2D eigenvalue weighted by Gasteiger charge is -1.88. The summed E-state index contributed by atoms with van der Waals surface area (Å²) in [6.45, 7) is 1.43. The third-order valence-electron chi connectivity index (χ3n) is 1.02. The van der Waals surface area contributed by atoms with Crippen molar-refractivity contribution in [3.05, 3.63) is 35.9 Å². The molecule has 0 heterocycles. The van der Waals surface area contributed by atoms with Crippen LogP contribution in [0.3, 0.4) is 0 Å². The van der Waals surface area contributed by atoms with Gasteiger partial charge in [0.2, 0.25) is 0 Å². The summed E-state index contributed by atoms with van der Waals surface area (Å²) in [7, 11) is 0. The van der Waals surface area contributed by atoms with Gasteiger partial charge in [0.05, 0.1) is 11.6 Å². The number of nitrogens with zero attached hydrogens (tertiary/aromatic N) is 1. The van der Waals surface area contributed by atoms with E-state index in [1.54, 1.807) is 36.4 Å². The maximum atomic E-state index is 10.2. The molecule has 62 valence electrons. The van der Waals surface area contributed by atoms with Gasteiger partial charge >= 0.3 is 5.97 Å². The van der Waals surface area contributed by atoms with Gasteiger partial charge in [-0.25, -0.2) is 4.79 Å². The normalized spacial score (nSPS) is 7.33. The molecule has 3 nitrogen and oxygen atoms in total. The first-order valence-electron chi connectivity index (χ1n) is 3.31. The third kappa shape index (κ3) is 4.07. The lowest BCUT2D eigenvalue weighted by Crippen LogP contribution is -1.93. The molecule has 0 saturated carbocycles. The lowest BCUT2D eigenvalue weighted by molar-refractivity contribution is 0.0697. The predicted octanol–water partition coefficient (Wildman–Crippen LogP) is 1.91. The lowest BCUT2D eigenvalue weighted by atomic mass is 10.2. The standard InChI is InChI=1S/C7H6O2.C2H3N/c8-7(9)6-4-2-1-3-5-6;1-2-3/h1-5H,(H,8,9);1H3. The fraction of sp³-hybridized carbons (Fsp3) is 0.111. The van der Waals surface area contributed by atoms with Crippen molar-refractivity contribution in [2.75, 3.05) is 0 Å². The van der Waals surface area contributed by atoms with E-state index in [4.69, 9.17) is 10.4 Å². The molecule has 0 aromatic heterocycles. The zero-order valence-electron chi connectivity index (χ0n) is 6.69. The van der Waals surface area contributed by atoms with Crippen LogP contribution in [0.4, 0.5) is 0 Å². The van der Waals surface area contributed by atoms with Gasteiger partial charge < -0.3 is 5.11 Å². The highest BCUT2D eigenvalue weighted by molar-refractivity contribution is 5.87. The molecule has 0 spiro atoms. The Labute approximate surface area is 70.9 Å². The summed E-state index contributed by atoms with van der Waals surface area (Å²) in [4.78, 5) is 10.2. The number of hydrogen-bond acceptors (Lipinski definition) is 2. The van der Waals surface area contributed by atoms with Gasteiger partial charge in [-0.2, -0.15) is 5.26 Å². The van der Waals surface area contributed by atoms with Crippen LogP contribution in [-0.4, -0.2) is 11.1 Å². The van der Waals surface area contributed by atoms with E-state index in [1.807, 2.05) is 0 Å². The van der Waals surface area contributed by atoms with Crippen LogP contribution in [0.25, 0.3) is 0 Å². The minimum atomic E-state index is -0.879. The smallest absolute Gasteiger partial charge is 0.335 e. The summed E-state index contributed by atoms with van der Waals surface area (Å²) in [6.07, 6.45) is 0. The second kappa shape index (κ2) is 5.93. The minimum Gasteiger partial charge on any atom is -0.478 e. The second-order valence-electron chi connectivity index (χ2n) is 1.89. The summed E-state index contributed by atoms with van der Waals surface area (Å²) in [5, 5.41) is 15.7. The van der Waals surface area contributed by atoms with E-state index in [1.165, 1.54) is 6.92 Å². The first-order valence-corrected chi connectivity index (χ1v) is 3.31. The van der Waals surface area contributed by atoms with Crippen molar-refractivity contribution in [1.82, 2.24) is 0 Å². The van der Waals surface area contributed by atoms with E-state index in [0.717, 1.165) is 0 Å². The van der Waals surface area contributed by atoms with Crippen LogP contribution >= 0.6 is 0 Å². The molecule has 0 amide bonds. The molecule has 0 saturated heterocycles. The zero-order valence-corrected chi connectivity index (χ0v) is 6.69. The molecule has 0 radical (unpaired) electrons. The molecule has 0 aliphatic heterocycles. The molecular weight excluding hydrogens is 154 g/mol. The Morgan fingerprint density at radius 2 is 1.83 bits per heavy atom. The average molecular weight is 163 g/mol. The minimum absolute atomic E-state index is 0.331. The van der Waals surface area contributed by atoms with Crippen molar-refractivity contribution >= 4 is 5.97 Å². The van der Waals surface area contributed by atoms with Crippen molar-refractivity contribution in [2.24, 2.45) is 0 Å². The molecule has 0 atom stereocenters. The van der Waals surface area contributed by atoms with Gasteiger partial charge in [0.1, 0.15) is 0 Å². The van der Waals surface area contributed by atoms with E-state index in [2.05, 4.69) is 0 Å². The second-order valence-corrected chi connectivity index (χ2v) is 1.89. The number of carbonyl (C=O) groups is 1. The number of hydrogen-bond donors (Lipinski definition) is 1. The highest BCUT2D eigenvalue weighted by atomic mass is 16.4. The number of benzene rings is 1. The summed E-state index contributed by atoms with van der Waals surface area (Å²) in [5.41, 5.74) is 0.331. The molecule has 0 aliphatic rings. The van der Waals surface area contributed by atoms with Crippen molar-refractivity contribution in [3.63, 3.8) is 0 Å². The summed E-state index contributed by atoms with van der Waals surface area (Å²) in [5.74, 6) is -0.879. The first kappa shape index (κ1) is 10.2. The zero-order chi connectivity index (χ0) is 9.40. The number of carboxylic acid groups (broad SMARTS) is 1. The monoisotopic (exact) mass is 163 g/mol. The highest BCUT2D eigenvalue weighted by Gasteiger charge is 1.96. The van der Waals surface area contributed by atoms with Gasteiger partial charge in [0.25, 0.3) is 0 Å². The van der Waals surface area contributed by atoms with Crippen molar-refractivity contribution in [3.8, 4) is 6.07 Å². The summed E-state index contributed by atoms with van der Waals surface area (Å²) >= 11 is 0. The van der Waals surface area contributed by atoms with Crippen LogP contribution in [-0.2, 0) is 0 Å². The molecule has 0 unspecified atom stereocenters. The Bertz CT molecular complexity index is 274. The summed E-state index contributed by atoms with van der Waals surface area (Å²) < 4.78 is 0. The van der Waals surface area contributed by atoms with Crippen LogP contribution in [0, 0.1) is 11.3 Å². The largest absolute Gasteiger partial charge is 0.478 e. The average Bonchev–Trinajstić information content (AvgIpc) is 2.07. The molecular formula is C9H9NO2. The molecule has 1 aromatic rings. The Morgan fingerprint density at radius 1 is 1.42 bits per heavy atom. The number of nitriles is 1. The maximum absolute atomic E-state index is 10.2. The molecule has 12 heavy (non-hydrogen) atoms. The molecule has 0 fully saturated rings. The van der Waals surface area contributed by atoms with E-state index in [9.17, 15) is 4.79 Å². The highest BCUT2D eigenvalue weighted by Crippen LogP contribution is 1.96. The number of carboxylic acids is 1. The van der Waals surface area contributed by atoms with E-state index >= 15 is 0 Å². The Balaban J connectivity index is 0.000000354. The fourth-order valence-electron chi connectivity index (χ4n) is 0.581. The molecule has 0 aliphatic carbocycles. The van der Waals surface area contributed by atoms with Crippen LogP contribution in [0.1, 0.15) is 17.3 Å². The molecule has 1 aromatic carbocycles. The first-order chi connectivity index (χ1) is 5.72. The van der Waals surface area contributed by atoms with Gasteiger partial charge in [-0.05, 0) is 12.1 Å². The molecule has 1 N–H and O–H groups in total. The Kier molecular flexibility index (Phi) is 5.03. The van der Waals surface area contributed by atoms with Crippen LogP contribution < -0.4 is 0 Å². The Morgan fingerprint density at radius 3 is 2.08 bits per heavy atom. The summed E-state index contributed by atoms with van der Waals surface area (Å²) in [6, 6.07) is 10.0. The van der Waals surface area contributed by atoms with Crippen molar-refractivity contribution in [2.45, 2.75) is 6.92 Å².